The van der Waals surface area contributed by atoms with Gasteiger partial charge in [-0.3, -0.25) is 20.2 Å². The van der Waals surface area contributed by atoms with E-state index in [1.54, 1.807) is 6.07 Å². The molecule has 1 rings (SSSR count). The molecule has 0 bridgehead atoms. The van der Waals surface area contributed by atoms with E-state index >= 15 is 0 Å². The molecule has 0 saturated carbocycles. The standard InChI is InChI=1S/C10H10N4O4/c1-2-3-12-10-8(13(15)16)4-7(6-11)5-9(10)14(17)18/h4-5,12H,2-3H2,1H3. The topological polar surface area (TPSA) is 122 Å². The summed E-state index contributed by atoms with van der Waals surface area (Å²) in [6.45, 7) is 2.20. The van der Waals surface area contributed by atoms with E-state index in [0.717, 1.165) is 12.1 Å². The molecule has 1 aromatic rings. The maximum Gasteiger partial charge on any atom is 0.300 e. The zero-order valence-electron chi connectivity index (χ0n) is 9.54. The molecule has 0 fully saturated rings. The Labute approximate surface area is 102 Å². The molecule has 8 nitrogen and oxygen atoms in total. The fourth-order valence-electron chi connectivity index (χ4n) is 1.40. The molecule has 1 aromatic carbocycles. The fraction of sp³-hybridized carbons (Fsp3) is 0.300. The van der Waals surface area contributed by atoms with Gasteiger partial charge in [0.1, 0.15) is 0 Å². The second-order valence-electron chi connectivity index (χ2n) is 3.44. The Morgan fingerprint density at radius 1 is 1.28 bits per heavy atom. The van der Waals surface area contributed by atoms with Gasteiger partial charge in [-0.2, -0.15) is 5.26 Å². The highest BCUT2D eigenvalue weighted by Gasteiger charge is 2.26. The van der Waals surface area contributed by atoms with Gasteiger partial charge >= 0.3 is 11.4 Å². The van der Waals surface area contributed by atoms with E-state index in [1.807, 2.05) is 6.92 Å². The lowest BCUT2D eigenvalue weighted by Crippen LogP contribution is -2.07. The van der Waals surface area contributed by atoms with Crippen molar-refractivity contribution in [2.24, 2.45) is 0 Å². The monoisotopic (exact) mass is 250 g/mol. The Balaban J connectivity index is 3.46. The van der Waals surface area contributed by atoms with Gasteiger partial charge in [0.05, 0.1) is 21.5 Å². The van der Waals surface area contributed by atoms with E-state index in [9.17, 15) is 20.2 Å². The normalized spacial score (nSPS) is 9.56. The number of nitrogens with zero attached hydrogens (tertiary/aromatic N) is 3. The van der Waals surface area contributed by atoms with Gasteiger partial charge in [0.15, 0.2) is 5.69 Å². The third-order valence-corrected chi connectivity index (χ3v) is 2.17. The Bertz CT molecular complexity index is 500. The van der Waals surface area contributed by atoms with Gasteiger partial charge in [0, 0.05) is 18.7 Å². The lowest BCUT2D eigenvalue weighted by Gasteiger charge is -2.06. The SMILES string of the molecule is CCCNc1c([N+](=O)[O-])cc(C#N)cc1[N+](=O)[O-]. The average Bonchev–Trinajstić information content (AvgIpc) is 2.34. The molecule has 94 valence electrons. The van der Waals surface area contributed by atoms with Crippen LogP contribution in [0.25, 0.3) is 0 Å². The summed E-state index contributed by atoms with van der Waals surface area (Å²) in [5.41, 5.74) is -1.20. The summed E-state index contributed by atoms with van der Waals surface area (Å²) in [6.07, 6.45) is 0.661. The summed E-state index contributed by atoms with van der Waals surface area (Å²) < 4.78 is 0. The minimum Gasteiger partial charge on any atom is -0.374 e. The van der Waals surface area contributed by atoms with Gasteiger partial charge in [-0.05, 0) is 6.42 Å². The molecule has 8 heteroatoms. The van der Waals surface area contributed by atoms with Crippen LogP contribution >= 0.6 is 0 Å². The first-order chi connectivity index (χ1) is 8.51. The molecule has 0 spiro atoms. The number of hydrogen-bond donors (Lipinski definition) is 1. The minimum absolute atomic E-state index is 0.115. The Morgan fingerprint density at radius 2 is 1.78 bits per heavy atom. The van der Waals surface area contributed by atoms with Crippen LogP contribution in [0.1, 0.15) is 18.9 Å². The molecule has 0 heterocycles. The third kappa shape index (κ3) is 2.70. The average molecular weight is 250 g/mol. The first-order valence-corrected chi connectivity index (χ1v) is 5.12. The van der Waals surface area contributed by atoms with Crippen molar-refractivity contribution in [2.45, 2.75) is 13.3 Å². The van der Waals surface area contributed by atoms with Gasteiger partial charge in [-0.15, -0.1) is 0 Å². The van der Waals surface area contributed by atoms with Crippen LogP contribution in [0.2, 0.25) is 0 Å². The number of nitro benzene ring substituents is 2. The molecule has 0 aliphatic heterocycles. The zero-order valence-corrected chi connectivity index (χ0v) is 9.54. The zero-order chi connectivity index (χ0) is 13.7. The van der Waals surface area contributed by atoms with Crippen LogP contribution in [0.15, 0.2) is 12.1 Å². The van der Waals surface area contributed by atoms with Gasteiger partial charge in [-0.25, -0.2) is 0 Å². The van der Waals surface area contributed by atoms with Crippen LogP contribution in [0, 0.1) is 31.6 Å². The van der Waals surface area contributed by atoms with E-state index in [2.05, 4.69) is 5.32 Å². The second-order valence-corrected chi connectivity index (χ2v) is 3.44. The molecule has 0 radical (unpaired) electrons. The molecule has 0 atom stereocenters. The second kappa shape index (κ2) is 5.58. The Hall–Kier alpha value is -2.69. The van der Waals surface area contributed by atoms with Crippen LogP contribution < -0.4 is 5.32 Å². The molecule has 1 N–H and O–H groups in total. The molecule has 0 unspecified atom stereocenters. The predicted molar refractivity (Wildman–Crippen MR) is 63.2 cm³/mol. The summed E-state index contributed by atoms with van der Waals surface area (Å²) >= 11 is 0. The number of benzene rings is 1. The van der Waals surface area contributed by atoms with Gasteiger partial charge in [0.2, 0.25) is 0 Å². The van der Waals surface area contributed by atoms with Gasteiger partial charge in [-0.1, -0.05) is 6.92 Å². The largest absolute Gasteiger partial charge is 0.374 e. The molecule has 0 amide bonds. The summed E-state index contributed by atoms with van der Waals surface area (Å²) in [5, 5.41) is 33.1. The molecule has 0 aliphatic carbocycles. The maximum absolute atomic E-state index is 10.9. The predicted octanol–water partition coefficient (Wildman–Crippen LogP) is 2.20. The van der Waals surface area contributed by atoms with Crippen molar-refractivity contribution in [3.8, 4) is 6.07 Å². The fourth-order valence-corrected chi connectivity index (χ4v) is 1.40. The van der Waals surface area contributed by atoms with E-state index < -0.39 is 21.2 Å². The van der Waals surface area contributed by atoms with Crippen molar-refractivity contribution in [1.82, 2.24) is 0 Å². The molecule has 0 aliphatic rings. The van der Waals surface area contributed by atoms with Crippen LogP contribution in [0.3, 0.4) is 0 Å². The molecule has 0 saturated heterocycles. The quantitative estimate of drug-likeness (QED) is 0.631. The van der Waals surface area contributed by atoms with E-state index in [1.165, 1.54) is 0 Å². The van der Waals surface area contributed by atoms with Crippen LogP contribution in [-0.4, -0.2) is 16.4 Å². The van der Waals surface area contributed by atoms with Gasteiger partial charge < -0.3 is 5.32 Å². The Morgan fingerprint density at radius 3 is 2.11 bits per heavy atom. The highest BCUT2D eigenvalue weighted by Crippen LogP contribution is 2.35. The van der Waals surface area contributed by atoms with Crippen molar-refractivity contribution in [3.63, 3.8) is 0 Å². The van der Waals surface area contributed by atoms with Crippen LogP contribution in [0.5, 0.6) is 0 Å². The third-order valence-electron chi connectivity index (χ3n) is 2.17. The van der Waals surface area contributed by atoms with Gasteiger partial charge in [0.25, 0.3) is 0 Å². The van der Waals surface area contributed by atoms with E-state index in [-0.39, 0.29) is 11.3 Å². The van der Waals surface area contributed by atoms with Crippen LogP contribution in [0.4, 0.5) is 17.1 Å². The van der Waals surface area contributed by atoms with E-state index in [4.69, 9.17) is 5.26 Å². The van der Waals surface area contributed by atoms with Crippen molar-refractivity contribution < 1.29 is 9.85 Å². The van der Waals surface area contributed by atoms with Crippen molar-refractivity contribution in [2.75, 3.05) is 11.9 Å². The highest BCUT2D eigenvalue weighted by molar-refractivity contribution is 5.75. The number of nitrogens with one attached hydrogen (secondary N) is 1. The number of nitro groups is 2. The molecular formula is C10H10N4O4. The highest BCUT2D eigenvalue weighted by atomic mass is 16.6. The first kappa shape index (κ1) is 13.4. The molecular weight excluding hydrogens is 240 g/mol. The number of rotatable bonds is 5. The summed E-state index contributed by atoms with van der Waals surface area (Å²) in [6, 6.07) is 3.70. The summed E-state index contributed by atoms with van der Waals surface area (Å²) in [5.74, 6) is 0. The smallest absolute Gasteiger partial charge is 0.300 e. The van der Waals surface area contributed by atoms with Crippen LogP contribution in [-0.2, 0) is 0 Å². The van der Waals surface area contributed by atoms with E-state index in [0.29, 0.717) is 13.0 Å². The lowest BCUT2D eigenvalue weighted by molar-refractivity contribution is -0.392. The number of hydrogen-bond acceptors (Lipinski definition) is 6. The minimum atomic E-state index is -0.744. The maximum atomic E-state index is 10.9. The van der Waals surface area contributed by atoms with Crippen molar-refractivity contribution >= 4 is 17.1 Å². The molecule has 18 heavy (non-hydrogen) atoms. The first-order valence-electron chi connectivity index (χ1n) is 5.12. The Kier molecular flexibility index (Phi) is 4.15. The number of anilines is 1. The summed E-state index contributed by atoms with van der Waals surface area (Å²) in [4.78, 5) is 20.2. The van der Waals surface area contributed by atoms with Crippen molar-refractivity contribution in [3.05, 3.63) is 37.9 Å². The lowest BCUT2D eigenvalue weighted by atomic mass is 10.1. The number of nitriles is 1. The molecule has 0 aromatic heterocycles. The van der Waals surface area contributed by atoms with Crippen molar-refractivity contribution in [1.29, 1.82) is 5.26 Å². The summed E-state index contributed by atoms with van der Waals surface area (Å²) in [7, 11) is 0.